The lowest BCUT2D eigenvalue weighted by Crippen LogP contribution is -2.03. The number of H-pyrrole nitrogens is 1. The van der Waals surface area contributed by atoms with Crippen LogP contribution in [0.2, 0.25) is 0 Å². The average molecular weight is 304 g/mol. The highest BCUT2D eigenvalue weighted by atomic mass is 15.2. The quantitative estimate of drug-likeness (QED) is 0.651. The molecule has 6 nitrogen and oxygen atoms in total. The number of nitrogens with one attached hydrogen (secondary N) is 3. The number of pyridine rings is 2. The van der Waals surface area contributed by atoms with Crippen molar-refractivity contribution in [3.63, 3.8) is 0 Å². The first-order chi connectivity index (χ1) is 11.2. The monoisotopic (exact) mass is 304 g/mol. The normalized spacial score (nSPS) is 10.1. The topological polar surface area (TPSA) is 78.5 Å². The predicted octanol–water partition coefficient (Wildman–Crippen LogP) is 3.37. The number of anilines is 2. The van der Waals surface area contributed by atoms with Crippen molar-refractivity contribution in [1.82, 2.24) is 20.2 Å². The number of aromatic nitrogens is 4. The molecule has 0 radical (unpaired) electrons. The second kappa shape index (κ2) is 6.57. The standard InChI is InChI=1S/C17H16N6/c1-12(14-5-3-7-18-9-14)22-17-16(11-20-23-17)13(2)21-15-6-4-8-19-10-15/h3-11,21H,1-2H2,(H2,20,22,23). The Balaban J connectivity index is 1.74. The lowest BCUT2D eigenvalue weighted by molar-refractivity contribution is 1.09. The van der Waals surface area contributed by atoms with Crippen LogP contribution in [0, 0.1) is 0 Å². The van der Waals surface area contributed by atoms with Gasteiger partial charge in [0.05, 0.1) is 23.6 Å². The van der Waals surface area contributed by atoms with E-state index >= 15 is 0 Å². The van der Waals surface area contributed by atoms with Crippen molar-refractivity contribution in [2.24, 2.45) is 0 Å². The van der Waals surface area contributed by atoms with Gasteiger partial charge in [0, 0.05) is 35.5 Å². The number of hydrogen-bond acceptors (Lipinski definition) is 5. The van der Waals surface area contributed by atoms with Gasteiger partial charge in [0.25, 0.3) is 0 Å². The summed E-state index contributed by atoms with van der Waals surface area (Å²) in [6.07, 6.45) is 8.61. The Kier molecular flexibility index (Phi) is 4.15. The molecule has 0 aliphatic heterocycles. The second-order valence-electron chi connectivity index (χ2n) is 4.85. The number of hydrogen-bond donors (Lipinski definition) is 3. The summed E-state index contributed by atoms with van der Waals surface area (Å²) in [4.78, 5) is 8.15. The smallest absolute Gasteiger partial charge is 0.135 e. The fourth-order valence-corrected chi connectivity index (χ4v) is 2.05. The summed E-state index contributed by atoms with van der Waals surface area (Å²) in [6.45, 7) is 8.08. The van der Waals surface area contributed by atoms with E-state index in [-0.39, 0.29) is 0 Å². The maximum absolute atomic E-state index is 4.08. The second-order valence-corrected chi connectivity index (χ2v) is 4.85. The highest BCUT2D eigenvalue weighted by Crippen LogP contribution is 2.24. The van der Waals surface area contributed by atoms with E-state index in [1.165, 1.54) is 0 Å². The van der Waals surface area contributed by atoms with Crippen LogP contribution in [0.5, 0.6) is 0 Å². The molecule has 0 aromatic carbocycles. The zero-order valence-electron chi connectivity index (χ0n) is 12.5. The third kappa shape index (κ3) is 3.44. The molecule has 0 aliphatic carbocycles. The number of rotatable bonds is 6. The molecule has 3 aromatic heterocycles. The van der Waals surface area contributed by atoms with Crippen molar-refractivity contribution >= 4 is 22.9 Å². The Morgan fingerprint density at radius 1 is 0.913 bits per heavy atom. The molecule has 0 fully saturated rings. The van der Waals surface area contributed by atoms with Gasteiger partial charge in [-0.05, 0) is 24.3 Å². The fourth-order valence-electron chi connectivity index (χ4n) is 2.05. The van der Waals surface area contributed by atoms with Crippen molar-refractivity contribution in [2.45, 2.75) is 0 Å². The summed E-state index contributed by atoms with van der Waals surface area (Å²) in [6, 6.07) is 7.56. The molecule has 3 N–H and O–H groups in total. The third-order valence-corrected chi connectivity index (χ3v) is 3.21. The van der Waals surface area contributed by atoms with E-state index in [1.807, 2.05) is 24.3 Å². The van der Waals surface area contributed by atoms with Gasteiger partial charge in [-0.2, -0.15) is 5.10 Å². The van der Waals surface area contributed by atoms with E-state index < -0.39 is 0 Å². The molecule has 0 amide bonds. The van der Waals surface area contributed by atoms with Gasteiger partial charge in [0.15, 0.2) is 0 Å². The van der Waals surface area contributed by atoms with Crippen LogP contribution in [0.25, 0.3) is 11.4 Å². The SMILES string of the molecule is C=C(Nc1[nH]ncc1C(=C)Nc1cccnc1)c1cccnc1. The van der Waals surface area contributed by atoms with Crippen LogP contribution in [-0.4, -0.2) is 20.2 Å². The lowest BCUT2D eigenvalue weighted by atomic mass is 10.2. The molecule has 114 valence electrons. The van der Waals surface area contributed by atoms with E-state index in [1.54, 1.807) is 31.0 Å². The third-order valence-electron chi connectivity index (χ3n) is 3.21. The summed E-state index contributed by atoms with van der Waals surface area (Å²) >= 11 is 0. The Bertz CT molecular complexity index is 807. The Hall–Kier alpha value is -3.41. The first-order valence-corrected chi connectivity index (χ1v) is 7.00. The molecule has 0 unspecified atom stereocenters. The van der Waals surface area contributed by atoms with Crippen LogP contribution in [0.4, 0.5) is 11.5 Å². The molecule has 0 atom stereocenters. The van der Waals surface area contributed by atoms with Gasteiger partial charge in [0.2, 0.25) is 0 Å². The zero-order chi connectivity index (χ0) is 16.1. The van der Waals surface area contributed by atoms with E-state index in [0.29, 0.717) is 11.5 Å². The van der Waals surface area contributed by atoms with Crippen LogP contribution >= 0.6 is 0 Å². The molecule has 3 rings (SSSR count). The lowest BCUT2D eigenvalue weighted by Gasteiger charge is -2.12. The Morgan fingerprint density at radius 2 is 1.70 bits per heavy atom. The molecule has 0 saturated carbocycles. The molecule has 23 heavy (non-hydrogen) atoms. The minimum atomic E-state index is 0.702. The van der Waals surface area contributed by atoms with Crippen molar-refractivity contribution < 1.29 is 0 Å². The average Bonchev–Trinajstić information content (AvgIpc) is 3.05. The van der Waals surface area contributed by atoms with Crippen molar-refractivity contribution in [3.05, 3.63) is 79.5 Å². The largest absolute Gasteiger partial charge is 0.354 e. The van der Waals surface area contributed by atoms with Gasteiger partial charge in [0.1, 0.15) is 5.82 Å². The number of nitrogens with zero attached hydrogens (tertiary/aromatic N) is 3. The van der Waals surface area contributed by atoms with Crippen LogP contribution < -0.4 is 10.6 Å². The highest BCUT2D eigenvalue weighted by Gasteiger charge is 2.10. The molecule has 0 aliphatic rings. The van der Waals surface area contributed by atoms with Crippen LogP contribution in [0.3, 0.4) is 0 Å². The van der Waals surface area contributed by atoms with E-state index in [0.717, 1.165) is 22.5 Å². The molecule has 3 aromatic rings. The molecule has 6 heteroatoms. The minimum absolute atomic E-state index is 0.702. The fraction of sp³-hybridized carbons (Fsp3) is 0. The van der Waals surface area contributed by atoms with Crippen molar-refractivity contribution in [1.29, 1.82) is 0 Å². The maximum atomic E-state index is 4.08. The minimum Gasteiger partial charge on any atom is -0.354 e. The van der Waals surface area contributed by atoms with Crippen LogP contribution in [0.15, 0.2) is 68.4 Å². The van der Waals surface area contributed by atoms with Gasteiger partial charge >= 0.3 is 0 Å². The summed E-state index contributed by atoms with van der Waals surface area (Å²) in [5.74, 6) is 0.709. The van der Waals surface area contributed by atoms with Gasteiger partial charge in [-0.3, -0.25) is 15.1 Å². The van der Waals surface area contributed by atoms with E-state index in [9.17, 15) is 0 Å². The van der Waals surface area contributed by atoms with Gasteiger partial charge in [-0.25, -0.2) is 0 Å². The molecule has 0 saturated heterocycles. The van der Waals surface area contributed by atoms with Gasteiger partial charge in [-0.1, -0.05) is 13.2 Å². The summed E-state index contributed by atoms with van der Waals surface area (Å²) < 4.78 is 0. The maximum Gasteiger partial charge on any atom is 0.135 e. The summed E-state index contributed by atoms with van der Waals surface area (Å²) in [5, 5.41) is 13.4. The molecular formula is C17H16N6. The molecular weight excluding hydrogens is 288 g/mol. The summed E-state index contributed by atoms with van der Waals surface area (Å²) in [5.41, 5.74) is 4.00. The first kappa shape index (κ1) is 14.5. The Labute approximate surface area is 134 Å². The van der Waals surface area contributed by atoms with Crippen LogP contribution in [-0.2, 0) is 0 Å². The van der Waals surface area contributed by atoms with Gasteiger partial charge < -0.3 is 10.6 Å². The predicted molar refractivity (Wildman–Crippen MR) is 92.4 cm³/mol. The van der Waals surface area contributed by atoms with Crippen molar-refractivity contribution in [3.8, 4) is 0 Å². The van der Waals surface area contributed by atoms with Gasteiger partial charge in [-0.15, -0.1) is 0 Å². The van der Waals surface area contributed by atoms with E-state index in [2.05, 4.69) is 44.0 Å². The van der Waals surface area contributed by atoms with E-state index in [4.69, 9.17) is 0 Å². The first-order valence-electron chi connectivity index (χ1n) is 7.00. The molecule has 3 heterocycles. The Morgan fingerprint density at radius 3 is 2.39 bits per heavy atom. The summed E-state index contributed by atoms with van der Waals surface area (Å²) in [7, 11) is 0. The number of aromatic amines is 1. The van der Waals surface area contributed by atoms with Crippen LogP contribution in [0.1, 0.15) is 11.1 Å². The highest BCUT2D eigenvalue weighted by molar-refractivity contribution is 5.84. The molecule has 0 spiro atoms. The molecule has 0 bridgehead atoms. The zero-order valence-corrected chi connectivity index (χ0v) is 12.5. The van der Waals surface area contributed by atoms with Crippen molar-refractivity contribution in [2.75, 3.05) is 10.6 Å².